The number of pyridine rings is 1. The van der Waals surface area contributed by atoms with Gasteiger partial charge in [-0.2, -0.15) is 0 Å². The molecule has 1 aromatic heterocycles. The minimum Gasteiger partial charge on any atom is -0.325 e. The number of nitrogens with one attached hydrogen (secondary N) is 3. The summed E-state index contributed by atoms with van der Waals surface area (Å²) in [5.74, 6) is -0.881. The van der Waals surface area contributed by atoms with Crippen molar-refractivity contribution in [2.45, 2.75) is 4.90 Å². The van der Waals surface area contributed by atoms with E-state index in [2.05, 4.69) is 20.9 Å². The van der Waals surface area contributed by atoms with Gasteiger partial charge in [0.15, 0.2) is 0 Å². The maximum atomic E-state index is 13.2. The second-order valence-corrected chi connectivity index (χ2v) is 9.47. The van der Waals surface area contributed by atoms with Gasteiger partial charge in [0.05, 0.1) is 5.75 Å². The fraction of sp³-hybridized carbons (Fsp3) is 0.0345. The fourth-order valence-electron chi connectivity index (χ4n) is 3.31. The molecule has 3 amide bonds. The first-order valence-electron chi connectivity index (χ1n) is 11.5. The molecule has 0 saturated heterocycles. The summed E-state index contributed by atoms with van der Waals surface area (Å²) in [5.41, 5.74) is 2.37. The molecule has 0 saturated carbocycles. The van der Waals surface area contributed by atoms with Gasteiger partial charge in [0.2, 0.25) is 5.91 Å². The number of thioether (sulfide) groups is 1. The lowest BCUT2D eigenvalue weighted by molar-refractivity contribution is -0.114. The van der Waals surface area contributed by atoms with E-state index >= 15 is 0 Å². The van der Waals surface area contributed by atoms with Crippen LogP contribution in [0.4, 0.5) is 11.4 Å². The van der Waals surface area contributed by atoms with Crippen LogP contribution in [0.15, 0.2) is 114 Å². The van der Waals surface area contributed by atoms with Gasteiger partial charge in [0.25, 0.3) is 11.8 Å². The molecule has 3 aromatic carbocycles. The first-order chi connectivity index (χ1) is 18.5. The predicted molar refractivity (Wildman–Crippen MR) is 152 cm³/mol. The zero-order chi connectivity index (χ0) is 26.7. The van der Waals surface area contributed by atoms with Crippen LogP contribution in [0.2, 0.25) is 5.02 Å². The minimum atomic E-state index is -0.498. The quantitative estimate of drug-likeness (QED) is 0.181. The first-order valence-corrected chi connectivity index (χ1v) is 12.9. The lowest BCUT2D eigenvalue weighted by Gasteiger charge is -2.12. The van der Waals surface area contributed by atoms with E-state index in [0.717, 1.165) is 4.90 Å². The standard InChI is InChI=1S/C29H23ClN4O3S/c30-22-11-9-20(10-12-22)17-26(34-28(36)21-5-2-1-3-6-21)29(37)33-24-7-4-8-25(18-24)38-19-27(35)32-23-13-15-31-16-14-23/h1-18H,19H2,(H,33,37)(H,34,36)(H,31,32,35)/b26-17-. The normalized spacial score (nSPS) is 10.9. The number of benzene rings is 3. The summed E-state index contributed by atoms with van der Waals surface area (Å²) in [4.78, 5) is 43.0. The van der Waals surface area contributed by atoms with Crippen molar-refractivity contribution in [2.75, 3.05) is 16.4 Å². The van der Waals surface area contributed by atoms with Crippen molar-refractivity contribution >= 4 is 58.5 Å². The lowest BCUT2D eigenvalue weighted by atomic mass is 10.1. The van der Waals surface area contributed by atoms with Gasteiger partial charge < -0.3 is 16.0 Å². The number of aromatic nitrogens is 1. The number of nitrogens with zero attached hydrogens (tertiary/aromatic N) is 1. The molecule has 0 aliphatic rings. The molecule has 0 bridgehead atoms. The number of anilines is 2. The maximum Gasteiger partial charge on any atom is 0.272 e. The highest BCUT2D eigenvalue weighted by atomic mass is 35.5. The molecule has 0 spiro atoms. The Morgan fingerprint density at radius 3 is 2.29 bits per heavy atom. The Kier molecular flexibility index (Phi) is 9.28. The second-order valence-electron chi connectivity index (χ2n) is 7.98. The molecule has 9 heteroatoms. The Morgan fingerprint density at radius 1 is 0.816 bits per heavy atom. The number of hydrogen-bond acceptors (Lipinski definition) is 5. The highest BCUT2D eigenvalue weighted by Gasteiger charge is 2.15. The Hall–Kier alpha value is -4.40. The first kappa shape index (κ1) is 26.7. The number of carbonyl (C=O) groups excluding carboxylic acids is 3. The molecule has 4 rings (SSSR count). The molecule has 0 atom stereocenters. The van der Waals surface area contributed by atoms with E-state index < -0.39 is 11.8 Å². The number of hydrogen-bond donors (Lipinski definition) is 3. The number of halogens is 1. The van der Waals surface area contributed by atoms with E-state index in [1.165, 1.54) is 11.8 Å². The number of amides is 3. The third kappa shape index (κ3) is 8.06. The van der Waals surface area contributed by atoms with Crippen LogP contribution in [0.5, 0.6) is 0 Å². The van der Waals surface area contributed by atoms with Crippen molar-refractivity contribution in [3.63, 3.8) is 0 Å². The fourth-order valence-corrected chi connectivity index (χ4v) is 4.19. The monoisotopic (exact) mass is 542 g/mol. The molecule has 38 heavy (non-hydrogen) atoms. The second kappa shape index (κ2) is 13.2. The molecule has 190 valence electrons. The van der Waals surface area contributed by atoms with Gasteiger partial charge in [-0.05, 0) is 66.2 Å². The summed E-state index contributed by atoms with van der Waals surface area (Å²) in [7, 11) is 0. The average molecular weight is 543 g/mol. The van der Waals surface area contributed by atoms with Crippen molar-refractivity contribution in [2.24, 2.45) is 0 Å². The van der Waals surface area contributed by atoms with Gasteiger partial charge in [-0.3, -0.25) is 19.4 Å². The van der Waals surface area contributed by atoms with E-state index in [4.69, 9.17) is 11.6 Å². The molecule has 7 nitrogen and oxygen atoms in total. The Bertz CT molecular complexity index is 1450. The van der Waals surface area contributed by atoms with E-state index in [9.17, 15) is 14.4 Å². The zero-order valence-electron chi connectivity index (χ0n) is 20.1. The van der Waals surface area contributed by atoms with Crippen LogP contribution in [-0.4, -0.2) is 28.5 Å². The van der Waals surface area contributed by atoms with Crippen LogP contribution in [-0.2, 0) is 9.59 Å². The summed E-state index contributed by atoms with van der Waals surface area (Å²) in [5, 5.41) is 8.91. The lowest BCUT2D eigenvalue weighted by Crippen LogP contribution is -2.30. The minimum absolute atomic E-state index is 0.0657. The highest BCUT2D eigenvalue weighted by molar-refractivity contribution is 8.00. The van der Waals surface area contributed by atoms with Crippen LogP contribution >= 0.6 is 23.4 Å². The molecule has 0 aliphatic carbocycles. The average Bonchev–Trinajstić information content (AvgIpc) is 2.94. The van der Waals surface area contributed by atoms with Crippen LogP contribution in [0.1, 0.15) is 15.9 Å². The highest BCUT2D eigenvalue weighted by Crippen LogP contribution is 2.22. The molecule has 3 N–H and O–H groups in total. The molecule has 4 aromatic rings. The summed E-state index contributed by atoms with van der Waals surface area (Å²) in [6.07, 6.45) is 4.79. The van der Waals surface area contributed by atoms with Gasteiger partial charge in [-0.1, -0.05) is 48.0 Å². The molecular weight excluding hydrogens is 520 g/mol. The SMILES string of the molecule is O=C(CSc1cccc(NC(=O)/C(=C/c2ccc(Cl)cc2)NC(=O)c2ccccc2)c1)Nc1ccncc1. The Balaban J connectivity index is 1.45. The van der Waals surface area contributed by atoms with Crippen molar-refractivity contribution < 1.29 is 14.4 Å². The number of carbonyl (C=O) groups is 3. The molecule has 0 unspecified atom stereocenters. The van der Waals surface area contributed by atoms with E-state index in [-0.39, 0.29) is 17.4 Å². The summed E-state index contributed by atoms with van der Waals surface area (Å²) < 4.78 is 0. The molecule has 1 heterocycles. The van der Waals surface area contributed by atoms with Gasteiger partial charge >= 0.3 is 0 Å². The van der Waals surface area contributed by atoms with E-state index in [1.54, 1.807) is 97.3 Å². The van der Waals surface area contributed by atoms with Gasteiger partial charge in [-0.25, -0.2) is 0 Å². The van der Waals surface area contributed by atoms with Gasteiger partial charge in [0, 0.05) is 39.3 Å². The zero-order valence-corrected chi connectivity index (χ0v) is 21.6. The smallest absolute Gasteiger partial charge is 0.272 e. The topological polar surface area (TPSA) is 100 Å². The summed E-state index contributed by atoms with van der Waals surface area (Å²) in [6.45, 7) is 0. The van der Waals surface area contributed by atoms with Crippen LogP contribution in [0.3, 0.4) is 0 Å². The van der Waals surface area contributed by atoms with Crippen LogP contribution in [0.25, 0.3) is 6.08 Å². The summed E-state index contributed by atoms with van der Waals surface area (Å²) >= 11 is 7.32. The third-order valence-electron chi connectivity index (χ3n) is 5.14. The Labute approximate surface area is 229 Å². The van der Waals surface area contributed by atoms with Crippen molar-refractivity contribution in [1.82, 2.24) is 10.3 Å². The largest absolute Gasteiger partial charge is 0.325 e. The van der Waals surface area contributed by atoms with E-state index in [0.29, 0.717) is 27.5 Å². The molecule has 0 aliphatic heterocycles. The van der Waals surface area contributed by atoms with Crippen molar-refractivity contribution in [3.05, 3.63) is 125 Å². The van der Waals surface area contributed by atoms with Gasteiger partial charge in [-0.15, -0.1) is 11.8 Å². The predicted octanol–water partition coefficient (Wildman–Crippen LogP) is 5.88. The van der Waals surface area contributed by atoms with Crippen LogP contribution in [0, 0.1) is 0 Å². The third-order valence-corrected chi connectivity index (χ3v) is 6.38. The molecular formula is C29H23ClN4O3S. The molecule has 0 radical (unpaired) electrons. The Morgan fingerprint density at radius 2 is 1.55 bits per heavy atom. The van der Waals surface area contributed by atoms with Gasteiger partial charge in [0.1, 0.15) is 5.70 Å². The number of rotatable bonds is 9. The van der Waals surface area contributed by atoms with Crippen molar-refractivity contribution in [3.8, 4) is 0 Å². The maximum absolute atomic E-state index is 13.2. The summed E-state index contributed by atoms with van der Waals surface area (Å²) in [6, 6.07) is 26.1. The van der Waals surface area contributed by atoms with Crippen LogP contribution < -0.4 is 16.0 Å². The van der Waals surface area contributed by atoms with E-state index in [1.807, 2.05) is 12.1 Å². The van der Waals surface area contributed by atoms with Crippen molar-refractivity contribution in [1.29, 1.82) is 0 Å². The molecule has 0 fully saturated rings.